The van der Waals surface area contributed by atoms with Crippen LogP contribution in [0.25, 0.3) is 0 Å². The molecule has 0 aliphatic carbocycles. The number of likely N-dealkylation sites (tertiary alicyclic amines) is 1. The van der Waals surface area contributed by atoms with Crippen molar-refractivity contribution in [1.29, 1.82) is 0 Å². The molecule has 1 heterocycles. The highest BCUT2D eigenvalue weighted by atomic mass is 35.5. The first kappa shape index (κ1) is 15.8. The average Bonchev–Trinajstić information content (AvgIpc) is 2.90. The van der Waals surface area contributed by atoms with Crippen LogP contribution in [0.4, 0.5) is 5.69 Å². The van der Waals surface area contributed by atoms with Crippen LogP contribution in [-0.2, 0) is 14.3 Å². The summed E-state index contributed by atoms with van der Waals surface area (Å²) < 4.78 is 4.73. The third kappa shape index (κ3) is 4.19. The molecule has 1 fully saturated rings. The van der Waals surface area contributed by atoms with E-state index in [4.69, 9.17) is 16.3 Å². The van der Waals surface area contributed by atoms with Crippen molar-refractivity contribution in [3.8, 4) is 0 Å². The van der Waals surface area contributed by atoms with E-state index in [0.29, 0.717) is 11.6 Å². The molecule has 1 atom stereocenters. The topological polar surface area (TPSA) is 58.6 Å². The SMILES string of the molecule is COC(=O)C1CCN(CC(=O)Nc2cc(Cl)ccc2C)C1. The molecule has 0 saturated carbocycles. The van der Waals surface area contributed by atoms with Gasteiger partial charge in [0.1, 0.15) is 0 Å². The third-order valence-electron chi connectivity index (χ3n) is 3.65. The fraction of sp³-hybridized carbons (Fsp3) is 0.467. The minimum Gasteiger partial charge on any atom is -0.469 e. The first-order valence-corrected chi connectivity index (χ1v) is 7.23. The Bertz CT molecular complexity index is 548. The molecule has 1 aliphatic rings. The van der Waals surface area contributed by atoms with Crippen LogP contribution in [0.3, 0.4) is 0 Å². The van der Waals surface area contributed by atoms with Gasteiger partial charge < -0.3 is 10.1 Å². The van der Waals surface area contributed by atoms with Crippen LogP contribution < -0.4 is 5.32 Å². The van der Waals surface area contributed by atoms with Crippen molar-refractivity contribution >= 4 is 29.2 Å². The van der Waals surface area contributed by atoms with Gasteiger partial charge in [0.15, 0.2) is 0 Å². The zero-order valence-electron chi connectivity index (χ0n) is 12.2. The number of amides is 1. The first-order chi connectivity index (χ1) is 9.99. The highest BCUT2D eigenvalue weighted by molar-refractivity contribution is 6.31. The van der Waals surface area contributed by atoms with Crippen molar-refractivity contribution in [2.45, 2.75) is 13.3 Å². The molecule has 1 unspecified atom stereocenters. The lowest BCUT2D eigenvalue weighted by Crippen LogP contribution is -2.32. The Morgan fingerprint density at radius 3 is 2.95 bits per heavy atom. The van der Waals surface area contributed by atoms with Crippen molar-refractivity contribution in [2.24, 2.45) is 5.92 Å². The molecule has 1 aromatic rings. The monoisotopic (exact) mass is 310 g/mol. The highest BCUT2D eigenvalue weighted by Crippen LogP contribution is 2.21. The number of esters is 1. The normalized spacial score (nSPS) is 18.5. The lowest BCUT2D eigenvalue weighted by atomic mass is 10.1. The summed E-state index contributed by atoms with van der Waals surface area (Å²) in [6.07, 6.45) is 0.732. The minimum absolute atomic E-state index is 0.106. The van der Waals surface area contributed by atoms with E-state index in [1.807, 2.05) is 17.9 Å². The fourth-order valence-corrected chi connectivity index (χ4v) is 2.63. The Kier molecular flexibility index (Phi) is 5.20. The summed E-state index contributed by atoms with van der Waals surface area (Å²) in [6.45, 7) is 3.46. The largest absolute Gasteiger partial charge is 0.469 e. The maximum absolute atomic E-state index is 12.1. The molecule has 1 N–H and O–H groups in total. The summed E-state index contributed by atoms with van der Waals surface area (Å²) in [5, 5.41) is 3.44. The summed E-state index contributed by atoms with van der Waals surface area (Å²) in [6, 6.07) is 5.38. The van der Waals surface area contributed by atoms with Crippen molar-refractivity contribution in [1.82, 2.24) is 4.90 Å². The van der Waals surface area contributed by atoms with E-state index in [2.05, 4.69) is 5.32 Å². The molecule has 0 radical (unpaired) electrons. The number of rotatable bonds is 4. The van der Waals surface area contributed by atoms with Gasteiger partial charge >= 0.3 is 5.97 Å². The second kappa shape index (κ2) is 6.91. The van der Waals surface area contributed by atoms with Crippen LogP contribution in [0.1, 0.15) is 12.0 Å². The summed E-state index contributed by atoms with van der Waals surface area (Å²) in [4.78, 5) is 25.5. The second-order valence-electron chi connectivity index (χ2n) is 5.25. The molecule has 6 heteroatoms. The van der Waals surface area contributed by atoms with Crippen molar-refractivity contribution < 1.29 is 14.3 Å². The average molecular weight is 311 g/mol. The maximum atomic E-state index is 12.1. The van der Waals surface area contributed by atoms with E-state index >= 15 is 0 Å². The van der Waals surface area contributed by atoms with Gasteiger partial charge in [-0.3, -0.25) is 14.5 Å². The van der Waals surface area contributed by atoms with Crippen molar-refractivity contribution in [3.05, 3.63) is 28.8 Å². The van der Waals surface area contributed by atoms with E-state index in [-0.39, 0.29) is 24.3 Å². The molecule has 1 saturated heterocycles. The van der Waals surface area contributed by atoms with Gasteiger partial charge in [-0.2, -0.15) is 0 Å². The van der Waals surface area contributed by atoms with Gasteiger partial charge in [-0.05, 0) is 37.6 Å². The number of ether oxygens (including phenoxy) is 1. The second-order valence-corrected chi connectivity index (χ2v) is 5.69. The van der Waals surface area contributed by atoms with Crippen LogP contribution in [-0.4, -0.2) is 43.5 Å². The molecule has 1 aromatic carbocycles. The summed E-state index contributed by atoms with van der Waals surface area (Å²) in [5.41, 5.74) is 1.68. The smallest absolute Gasteiger partial charge is 0.310 e. The molecule has 1 amide bonds. The van der Waals surface area contributed by atoms with E-state index in [9.17, 15) is 9.59 Å². The third-order valence-corrected chi connectivity index (χ3v) is 3.88. The highest BCUT2D eigenvalue weighted by Gasteiger charge is 2.29. The van der Waals surface area contributed by atoms with Gasteiger partial charge in [0.2, 0.25) is 5.91 Å². The molecule has 0 bridgehead atoms. The van der Waals surface area contributed by atoms with Crippen LogP contribution in [0, 0.1) is 12.8 Å². The molecule has 0 spiro atoms. The molecule has 2 rings (SSSR count). The van der Waals surface area contributed by atoms with E-state index in [0.717, 1.165) is 24.2 Å². The fourth-order valence-electron chi connectivity index (χ4n) is 2.46. The maximum Gasteiger partial charge on any atom is 0.310 e. The Labute approximate surface area is 129 Å². The molecule has 0 aromatic heterocycles. The van der Waals surface area contributed by atoms with Crippen LogP contribution in [0.15, 0.2) is 18.2 Å². The lowest BCUT2D eigenvalue weighted by molar-refractivity contribution is -0.145. The van der Waals surface area contributed by atoms with E-state index < -0.39 is 0 Å². The summed E-state index contributed by atoms with van der Waals surface area (Å²) in [5.74, 6) is -0.440. The number of nitrogens with zero attached hydrogens (tertiary/aromatic N) is 1. The predicted octanol–water partition coefficient (Wildman–Crippen LogP) is 2.08. The Balaban J connectivity index is 1.88. The number of aryl methyl sites for hydroxylation is 1. The predicted molar refractivity (Wildman–Crippen MR) is 81.4 cm³/mol. The lowest BCUT2D eigenvalue weighted by Gasteiger charge is -2.16. The number of carbonyl (C=O) groups is 2. The molecule has 114 valence electrons. The van der Waals surface area contributed by atoms with E-state index in [1.54, 1.807) is 12.1 Å². The molecular weight excluding hydrogens is 292 g/mol. The number of hydrogen-bond donors (Lipinski definition) is 1. The van der Waals surface area contributed by atoms with Crippen molar-refractivity contribution in [3.63, 3.8) is 0 Å². The number of halogens is 1. The summed E-state index contributed by atoms with van der Waals surface area (Å²) >= 11 is 5.93. The number of nitrogens with one attached hydrogen (secondary N) is 1. The van der Waals surface area contributed by atoms with Gasteiger partial charge in [-0.1, -0.05) is 17.7 Å². The van der Waals surface area contributed by atoms with Gasteiger partial charge in [0.05, 0.1) is 19.6 Å². The van der Waals surface area contributed by atoms with Gasteiger partial charge in [0, 0.05) is 17.3 Å². The Morgan fingerprint density at radius 1 is 1.48 bits per heavy atom. The molecule has 21 heavy (non-hydrogen) atoms. The van der Waals surface area contributed by atoms with Crippen LogP contribution in [0.5, 0.6) is 0 Å². The van der Waals surface area contributed by atoms with Crippen LogP contribution in [0.2, 0.25) is 5.02 Å². The quantitative estimate of drug-likeness (QED) is 0.865. The van der Waals surface area contributed by atoms with Crippen molar-refractivity contribution in [2.75, 3.05) is 32.1 Å². The number of benzene rings is 1. The number of anilines is 1. The van der Waals surface area contributed by atoms with Crippen LogP contribution >= 0.6 is 11.6 Å². The Morgan fingerprint density at radius 2 is 2.24 bits per heavy atom. The Hall–Kier alpha value is -1.59. The van der Waals surface area contributed by atoms with E-state index in [1.165, 1.54) is 7.11 Å². The number of methoxy groups -OCH3 is 1. The minimum atomic E-state index is -0.205. The first-order valence-electron chi connectivity index (χ1n) is 6.86. The number of carbonyl (C=O) groups excluding carboxylic acids is 2. The zero-order chi connectivity index (χ0) is 15.4. The molecule has 1 aliphatic heterocycles. The number of hydrogen-bond acceptors (Lipinski definition) is 4. The standard InChI is InChI=1S/C15H19ClN2O3/c1-10-3-4-12(16)7-13(10)17-14(19)9-18-6-5-11(8-18)15(20)21-2/h3-4,7,11H,5-6,8-9H2,1-2H3,(H,17,19). The summed E-state index contributed by atoms with van der Waals surface area (Å²) in [7, 11) is 1.39. The molecule has 5 nitrogen and oxygen atoms in total. The van der Waals surface area contributed by atoms with Gasteiger partial charge in [0.25, 0.3) is 0 Å². The van der Waals surface area contributed by atoms with Gasteiger partial charge in [-0.25, -0.2) is 0 Å². The van der Waals surface area contributed by atoms with Gasteiger partial charge in [-0.15, -0.1) is 0 Å². The molecular formula is C15H19ClN2O3. The zero-order valence-corrected chi connectivity index (χ0v) is 12.9.